The molecule has 1 amide bonds. The molecule has 1 saturated heterocycles. The number of amides is 1. The first kappa shape index (κ1) is 11.5. The first-order valence-electron chi connectivity index (χ1n) is 5.53. The predicted octanol–water partition coefficient (Wildman–Crippen LogP) is 1.92. The van der Waals surface area contributed by atoms with Crippen molar-refractivity contribution >= 4 is 18.5 Å². The zero-order chi connectivity index (χ0) is 11.5. The van der Waals surface area contributed by atoms with Crippen molar-refractivity contribution in [1.82, 2.24) is 9.88 Å². The van der Waals surface area contributed by atoms with E-state index >= 15 is 0 Å². The molecule has 0 bridgehead atoms. The highest BCUT2D eigenvalue weighted by Crippen LogP contribution is 2.27. The average Bonchev–Trinajstić information content (AvgIpc) is 2.71. The second-order valence-electron chi connectivity index (χ2n) is 4.23. The van der Waals surface area contributed by atoms with E-state index in [1.165, 1.54) is 0 Å². The highest BCUT2D eigenvalue weighted by Gasteiger charge is 2.32. The third kappa shape index (κ3) is 2.21. The normalized spacial score (nSPS) is 22.5. The van der Waals surface area contributed by atoms with Gasteiger partial charge in [0.2, 0.25) is 5.91 Å². The van der Waals surface area contributed by atoms with Crippen LogP contribution in [0.1, 0.15) is 25.1 Å². The van der Waals surface area contributed by atoms with Crippen molar-refractivity contribution in [3.63, 3.8) is 0 Å². The van der Waals surface area contributed by atoms with Crippen LogP contribution in [-0.2, 0) is 4.79 Å². The van der Waals surface area contributed by atoms with E-state index in [-0.39, 0.29) is 11.9 Å². The molecule has 2 heterocycles. The van der Waals surface area contributed by atoms with Gasteiger partial charge in [0.05, 0.1) is 11.7 Å². The number of likely N-dealkylation sites (tertiary alicyclic amines) is 1. The Bertz CT molecular complexity index is 369. The lowest BCUT2D eigenvalue weighted by Crippen LogP contribution is -2.29. The number of aromatic nitrogens is 1. The van der Waals surface area contributed by atoms with Crippen molar-refractivity contribution in [3.8, 4) is 0 Å². The summed E-state index contributed by atoms with van der Waals surface area (Å²) in [6.07, 6.45) is 2.39. The number of thiol groups is 1. The molecule has 0 aromatic carbocycles. The maximum atomic E-state index is 11.8. The third-order valence-corrected chi connectivity index (χ3v) is 3.60. The number of hydrogen-bond acceptors (Lipinski definition) is 3. The largest absolute Gasteiger partial charge is 0.334 e. The van der Waals surface area contributed by atoms with E-state index in [0.717, 1.165) is 18.0 Å². The Morgan fingerprint density at radius 3 is 3.00 bits per heavy atom. The Kier molecular flexibility index (Phi) is 3.49. The van der Waals surface area contributed by atoms with Crippen LogP contribution in [0.3, 0.4) is 0 Å². The van der Waals surface area contributed by atoms with Crippen LogP contribution in [-0.4, -0.2) is 28.1 Å². The molecule has 1 aromatic heterocycles. The number of carbonyl (C=O) groups excluding carboxylic acids is 1. The number of rotatable bonds is 3. The van der Waals surface area contributed by atoms with Gasteiger partial charge in [-0.05, 0) is 30.7 Å². The van der Waals surface area contributed by atoms with E-state index in [9.17, 15) is 4.79 Å². The van der Waals surface area contributed by atoms with E-state index in [1.807, 2.05) is 30.0 Å². The van der Waals surface area contributed by atoms with Crippen LogP contribution in [0.2, 0.25) is 0 Å². The maximum Gasteiger partial charge on any atom is 0.223 e. The minimum Gasteiger partial charge on any atom is -0.334 e. The zero-order valence-electron chi connectivity index (χ0n) is 9.34. The second-order valence-corrected chi connectivity index (χ2v) is 4.59. The first-order valence-corrected chi connectivity index (χ1v) is 6.17. The quantitative estimate of drug-likeness (QED) is 0.813. The molecule has 86 valence electrons. The van der Waals surface area contributed by atoms with E-state index in [4.69, 9.17) is 0 Å². The molecule has 3 nitrogen and oxygen atoms in total. The van der Waals surface area contributed by atoms with Gasteiger partial charge in [0, 0.05) is 19.2 Å². The first-order chi connectivity index (χ1) is 7.72. The molecule has 0 aliphatic carbocycles. The summed E-state index contributed by atoms with van der Waals surface area (Å²) in [5.74, 6) is 1.39. The van der Waals surface area contributed by atoms with Crippen molar-refractivity contribution in [2.45, 2.75) is 19.4 Å². The lowest BCUT2D eigenvalue weighted by Gasteiger charge is -2.24. The van der Waals surface area contributed by atoms with E-state index in [2.05, 4.69) is 17.6 Å². The summed E-state index contributed by atoms with van der Waals surface area (Å²) in [5, 5.41) is 0. The van der Waals surface area contributed by atoms with Gasteiger partial charge in [-0.3, -0.25) is 9.78 Å². The average molecular weight is 236 g/mol. The summed E-state index contributed by atoms with van der Waals surface area (Å²) in [6, 6.07) is 5.87. The molecule has 1 unspecified atom stereocenters. The Morgan fingerprint density at radius 1 is 1.62 bits per heavy atom. The monoisotopic (exact) mass is 236 g/mol. The van der Waals surface area contributed by atoms with E-state index < -0.39 is 0 Å². The second kappa shape index (κ2) is 4.87. The van der Waals surface area contributed by atoms with Gasteiger partial charge in [0.15, 0.2) is 0 Å². The molecule has 0 radical (unpaired) electrons. The fourth-order valence-corrected chi connectivity index (χ4v) is 2.33. The summed E-state index contributed by atoms with van der Waals surface area (Å²) in [7, 11) is 0. The fraction of sp³-hybridized carbons (Fsp3) is 0.500. The number of carbonyl (C=O) groups is 1. The number of nitrogens with zero attached hydrogens (tertiary/aromatic N) is 2. The van der Waals surface area contributed by atoms with Crippen molar-refractivity contribution in [3.05, 3.63) is 30.1 Å². The molecule has 1 aromatic rings. The number of hydrogen-bond donors (Lipinski definition) is 1. The Labute approximate surface area is 101 Å². The molecule has 2 rings (SSSR count). The van der Waals surface area contributed by atoms with Crippen LogP contribution in [0.25, 0.3) is 0 Å². The SMILES string of the molecule is C[C@@H](c1ccccn1)N1CC(CS)CC1=O. The number of pyridine rings is 1. The molecular formula is C12H16N2OS. The molecule has 1 aliphatic rings. The van der Waals surface area contributed by atoms with Gasteiger partial charge in [-0.25, -0.2) is 0 Å². The Balaban J connectivity index is 2.11. The van der Waals surface area contributed by atoms with Gasteiger partial charge in [0.25, 0.3) is 0 Å². The topological polar surface area (TPSA) is 33.2 Å². The lowest BCUT2D eigenvalue weighted by molar-refractivity contribution is -0.129. The van der Waals surface area contributed by atoms with Crippen molar-refractivity contribution in [1.29, 1.82) is 0 Å². The molecule has 0 N–H and O–H groups in total. The molecule has 0 spiro atoms. The highest BCUT2D eigenvalue weighted by atomic mass is 32.1. The summed E-state index contributed by atoms with van der Waals surface area (Å²) < 4.78 is 0. The van der Waals surface area contributed by atoms with Gasteiger partial charge in [0.1, 0.15) is 0 Å². The minimum absolute atomic E-state index is 0.0681. The van der Waals surface area contributed by atoms with Crippen LogP contribution in [0.15, 0.2) is 24.4 Å². The molecule has 4 heteroatoms. The van der Waals surface area contributed by atoms with Crippen LogP contribution in [0, 0.1) is 5.92 Å². The lowest BCUT2D eigenvalue weighted by atomic mass is 10.1. The van der Waals surface area contributed by atoms with Crippen LogP contribution in [0.5, 0.6) is 0 Å². The molecular weight excluding hydrogens is 220 g/mol. The van der Waals surface area contributed by atoms with Crippen molar-refractivity contribution in [2.24, 2.45) is 5.92 Å². The Hall–Kier alpha value is -1.03. The van der Waals surface area contributed by atoms with E-state index in [0.29, 0.717) is 12.3 Å². The van der Waals surface area contributed by atoms with Gasteiger partial charge in [-0.2, -0.15) is 12.6 Å². The molecule has 1 fully saturated rings. The van der Waals surface area contributed by atoms with Gasteiger partial charge < -0.3 is 4.90 Å². The van der Waals surface area contributed by atoms with Crippen LogP contribution in [0.4, 0.5) is 0 Å². The van der Waals surface area contributed by atoms with Crippen molar-refractivity contribution in [2.75, 3.05) is 12.3 Å². The summed E-state index contributed by atoms with van der Waals surface area (Å²) in [4.78, 5) is 18.0. The molecule has 16 heavy (non-hydrogen) atoms. The van der Waals surface area contributed by atoms with Crippen LogP contribution >= 0.6 is 12.6 Å². The van der Waals surface area contributed by atoms with Crippen molar-refractivity contribution < 1.29 is 4.79 Å². The third-order valence-electron chi connectivity index (χ3n) is 3.08. The standard InChI is InChI=1S/C12H16N2OS/c1-9(11-4-2-3-5-13-11)14-7-10(8-16)6-12(14)15/h2-5,9-10,16H,6-8H2,1H3/t9-,10?/m0/s1. The minimum atomic E-state index is 0.0681. The van der Waals surface area contributed by atoms with Gasteiger partial charge in [-0.15, -0.1) is 0 Å². The fourth-order valence-electron chi connectivity index (χ4n) is 2.09. The van der Waals surface area contributed by atoms with E-state index in [1.54, 1.807) is 6.20 Å². The summed E-state index contributed by atoms with van der Waals surface area (Å²) in [6.45, 7) is 2.83. The Morgan fingerprint density at radius 2 is 2.44 bits per heavy atom. The highest BCUT2D eigenvalue weighted by molar-refractivity contribution is 7.80. The molecule has 2 atom stereocenters. The zero-order valence-corrected chi connectivity index (χ0v) is 10.2. The van der Waals surface area contributed by atoms with Gasteiger partial charge in [-0.1, -0.05) is 6.07 Å². The molecule has 1 aliphatic heterocycles. The molecule has 0 saturated carbocycles. The van der Waals surface area contributed by atoms with Gasteiger partial charge >= 0.3 is 0 Å². The maximum absolute atomic E-state index is 11.8. The van der Waals surface area contributed by atoms with Crippen LogP contribution < -0.4 is 0 Å². The summed E-state index contributed by atoms with van der Waals surface area (Å²) >= 11 is 4.26. The predicted molar refractivity (Wildman–Crippen MR) is 66.3 cm³/mol. The smallest absolute Gasteiger partial charge is 0.223 e. The summed E-state index contributed by atoms with van der Waals surface area (Å²) in [5.41, 5.74) is 0.954.